The summed E-state index contributed by atoms with van der Waals surface area (Å²) in [6.45, 7) is 4.42. The molecule has 0 aliphatic heterocycles. The number of rotatable bonds is 5. The lowest BCUT2D eigenvalue weighted by atomic mass is 10.1. The van der Waals surface area contributed by atoms with Gasteiger partial charge in [0.2, 0.25) is 0 Å². The predicted molar refractivity (Wildman–Crippen MR) is 156 cm³/mol. The predicted octanol–water partition coefficient (Wildman–Crippen LogP) is 9.49. The highest BCUT2D eigenvalue weighted by Gasteiger charge is 2.25. The molecule has 3 heterocycles. The molecule has 0 atom stereocenters. The summed E-state index contributed by atoms with van der Waals surface area (Å²) < 4.78 is 2.28. The minimum absolute atomic E-state index is 0.990. The molecular weight excluding hydrogens is 477 g/mol. The van der Waals surface area contributed by atoms with E-state index in [2.05, 4.69) is 129 Å². The van der Waals surface area contributed by atoms with Crippen molar-refractivity contribution in [1.82, 2.24) is 9.55 Å². The van der Waals surface area contributed by atoms with E-state index in [1.54, 1.807) is 0 Å². The number of aryl methyl sites for hydroxylation is 2. The van der Waals surface area contributed by atoms with Crippen molar-refractivity contribution in [3.63, 3.8) is 0 Å². The molecule has 0 saturated heterocycles. The highest BCUT2D eigenvalue weighted by Crippen LogP contribution is 2.46. The van der Waals surface area contributed by atoms with Crippen LogP contribution in [-0.2, 0) is 7.05 Å². The van der Waals surface area contributed by atoms with Gasteiger partial charge < -0.3 is 4.57 Å². The molecular formula is C32H26N2S2. The molecule has 0 N–H and O–H groups in total. The van der Waals surface area contributed by atoms with Crippen molar-refractivity contribution in [1.29, 1.82) is 0 Å². The van der Waals surface area contributed by atoms with Gasteiger partial charge in [0, 0.05) is 22.4 Å². The maximum Gasteiger partial charge on any atom is 0.140 e. The van der Waals surface area contributed by atoms with Crippen molar-refractivity contribution in [2.45, 2.75) is 13.8 Å². The van der Waals surface area contributed by atoms with Gasteiger partial charge in [-0.3, -0.25) is 0 Å². The molecule has 0 saturated carbocycles. The van der Waals surface area contributed by atoms with E-state index >= 15 is 0 Å². The van der Waals surface area contributed by atoms with Crippen LogP contribution < -0.4 is 0 Å². The fourth-order valence-electron chi connectivity index (χ4n) is 4.69. The summed E-state index contributed by atoms with van der Waals surface area (Å²) in [5.41, 5.74) is 8.41. The quantitative estimate of drug-likeness (QED) is 0.229. The van der Waals surface area contributed by atoms with Gasteiger partial charge in [-0.05, 0) is 48.2 Å². The zero-order valence-electron chi connectivity index (χ0n) is 20.5. The second-order valence-corrected chi connectivity index (χ2v) is 11.1. The minimum Gasteiger partial charge on any atom is -0.326 e. The largest absolute Gasteiger partial charge is 0.326 e. The molecule has 4 heteroatoms. The first-order valence-corrected chi connectivity index (χ1v) is 13.7. The summed E-state index contributed by atoms with van der Waals surface area (Å²) >= 11 is 3.68. The van der Waals surface area contributed by atoms with Crippen molar-refractivity contribution in [2.24, 2.45) is 7.05 Å². The van der Waals surface area contributed by atoms with Gasteiger partial charge in [0.1, 0.15) is 11.5 Å². The summed E-state index contributed by atoms with van der Waals surface area (Å²) in [5, 5.41) is 0. The van der Waals surface area contributed by atoms with Crippen molar-refractivity contribution in [3.8, 4) is 53.4 Å². The topological polar surface area (TPSA) is 17.8 Å². The van der Waals surface area contributed by atoms with Crippen LogP contribution in [0.2, 0.25) is 0 Å². The van der Waals surface area contributed by atoms with Crippen molar-refractivity contribution >= 4 is 22.7 Å². The van der Waals surface area contributed by atoms with E-state index in [1.807, 2.05) is 22.7 Å². The second-order valence-electron chi connectivity index (χ2n) is 9.04. The molecule has 6 rings (SSSR count). The number of hydrogen-bond donors (Lipinski definition) is 0. The first-order chi connectivity index (χ1) is 17.6. The van der Waals surface area contributed by atoms with Gasteiger partial charge in [0.15, 0.2) is 0 Å². The number of nitrogens with zero attached hydrogens (tertiary/aromatic N) is 2. The van der Waals surface area contributed by atoms with E-state index < -0.39 is 0 Å². The van der Waals surface area contributed by atoms with Gasteiger partial charge in [-0.1, -0.05) is 91.0 Å². The fourth-order valence-corrected chi connectivity index (χ4v) is 7.11. The third-order valence-corrected chi connectivity index (χ3v) is 9.10. The number of hydrogen-bond acceptors (Lipinski definition) is 3. The lowest BCUT2D eigenvalue weighted by Crippen LogP contribution is -1.95. The van der Waals surface area contributed by atoms with E-state index in [1.165, 1.54) is 47.5 Å². The second kappa shape index (κ2) is 9.38. The van der Waals surface area contributed by atoms with E-state index in [0.717, 1.165) is 17.1 Å². The molecule has 3 aromatic heterocycles. The van der Waals surface area contributed by atoms with Gasteiger partial charge in [-0.15, -0.1) is 22.7 Å². The minimum atomic E-state index is 0.990. The van der Waals surface area contributed by atoms with Crippen LogP contribution in [0, 0.1) is 13.8 Å². The Balaban J connectivity index is 1.57. The Kier molecular flexibility index (Phi) is 5.92. The van der Waals surface area contributed by atoms with Gasteiger partial charge in [0.05, 0.1) is 15.4 Å². The van der Waals surface area contributed by atoms with E-state index in [0.29, 0.717) is 0 Å². The zero-order valence-corrected chi connectivity index (χ0v) is 22.2. The molecule has 0 aliphatic carbocycles. The number of aromatic nitrogens is 2. The lowest BCUT2D eigenvalue weighted by molar-refractivity contribution is 0.934. The Labute approximate surface area is 220 Å². The summed E-state index contributed by atoms with van der Waals surface area (Å²) in [6.07, 6.45) is 0. The smallest absolute Gasteiger partial charge is 0.140 e. The Morgan fingerprint density at radius 1 is 0.583 bits per heavy atom. The first-order valence-electron chi connectivity index (χ1n) is 12.0. The van der Waals surface area contributed by atoms with Gasteiger partial charge in [0.25, 0.3) is 0 Å². The molecule has 2 nitrogen and oxygen atoms in total. The van der Waals surface area contributed by atoms with Crippen molar-refractivity contribution in [3.05, 3.63) is 114 Å². The Hall–Kier alpha value is -3.73. The molecule has 0 spiro atoms. The number of benzene rings is 3. The maximum atomic E-state index is 5.30. The first kappa shape index (κ1) is 22.7. The van der Waals surface area contributed by atoms with Crippen LogP contribution in [0.3, 0.4) is 0 Å². The van der Waals surface area contributed by atoms with E-state index in [-0.39, 0.29) is 0 Å². The SMILES string of the molecule is Cc1cc(-c2ccccc2)sc1-c1nc(-c2ccccc2)n(C)c1-c1sc(-c2ccccc2)cc1C. The Morgan fingerprint density at radius 2 is 1.03 bits per heavy atom. The van der Waals surface area contributed by atoms with Crippen LogP contribution in [0.25, 0.3) is 53.4 Å². The van der Waals surface area contributed by atoms with Gasteiger partial charge >= 0.3 is 0 Å². The average molecular weight is 503 g/mol. The third-order valence-electron chi connectivity index (χ3n) is 6.51. The highest BCUT2D eigenvalue weighted by molar-refractivity contribution is 7.20. The van der Waals surface area contributed by atoms with Gasteiger partial charge in [-0.25, -0.2) is 4.98 Å². The third kappa shape index (κ3) is 4.02. The average Bonchev–Trinajstić information content (AvgIpc) is 3.60. The molecule has 176 valence electrons. The van der Waals surface area contributed by atoms with Crippen LogP contribution in [0.4, 0.5) is 0 Å². The monoisotopic (exact) mass is 502 g/mol. The standard InChI is InChI=1S/C32H26N2S2/c1-21-19-26(23-13-7-4-8-14-23)35-30(21)28-29(34(3)32(33-28)25-17-11-6-12-18-25)31-22(2)20-27(36-31)24-15-9-5-10-16-24/h4-20H,1-3H3. The van der Waals surface area contributed by atoms with Crippen LogP contribution in [0.5, 0.6) is 0 Å². The molecule has 36 heavy (non-hydrogen) atoms. The molecule has 3 aromatic carbocycles. The van der Waals surface area contributed by atoms with Crippen LogP contribution in [0.15, 0.2) is 103 Å². The summed E-state index contributed by atoms with van der Waals surface area (Å²) in [5.74, 6) is 0.990. The summed E-state index contributed by atoms with van der Waals surface area (Å²) in [6, 6.07) is 36.4. The van der Waals surface area contributed by atoms with E-state index in [4.69, 9.17) is 4.98 Å². The molecule has 0 amide bonds. The fraction of sp³-hybridized carbons (Fsp3) is 0.0938. The molecule has 0 radical (unpaired) electrons. The van der Waals surface area contributed by atoms with Crippen molar-refractivity contribution < 1.29 is 0 Å². The Morgan fingerprint density at radius 3 is 1.56 bits per heavy atom. The molecule has 0 bridgehead atoms. The van der Waals surface area contributed by atoms with Crippen molar-refractivity contribution in [2.75, 3.05) is 0 Å². The zero-order chi connectivity index (χ0) is 24.6. The number of imidazole rings is 1. The lowest BCUT2D eigenvalue weighted by Gasteiger charge is -2.07. The van der Waals surface area contributed by atoms with Crippen LogP contribution in [0.1, 0.15) is 11.1 Å². The summed E-state index contributed by atoms with van der Waals surface area (Å²) in [4.78, 5) is 10.4. The van der Waals surface area contributed by atoms with Gasteiger partial charge in [-0.2, -0.15) is 0 Å². The molecule has 6 aromatic rings. The molecule has 0 unspecified atom stereocenters. The molecule has 0 aliphatic rings. The number of thiophene rings is 2. The van der Waals surface area contributed by atoms with E-state index in [9.17, 15) is 0 Å². The van der Waals surface area contributed by atoms with Crippen LogP contribution >= 0.6 is 22.7 Å². The summed E-state index contributed by atoms with van der Waals surface area (Å²) in [7, 11) is 2.15. The molecule has 0 fully saturated rings. The highest BCUT2D eigenvalue weighted by atomic mass is 32.1. The Bertz CT molecular complexity index is 1640. The maximum absolute atomic E-state index is 5.30. The van der Waals surface area contributed by atoms with Crippen LogP contribution in [-0.4, -0.2) is 9.55 Å². The normalized spacial score (nSPS) is 11.2.